The first-order valence-electron chi connectivity index (χ1n) is 7.70. The predicted octanol–water partition coefficient (Wildman–Crippen LogP) is 0.152. The molecule has 0 amide bonds. The minimum absolute atomic E-state index is 0.0931. The highest BCUT2D eigenvalue weighted by atomic mass is 19.4. The molecule has 0 bridgehead atoms. The molecule has 6 nitrogen and oxygen atoms in total. The standard InChI is InChI=1S/C13H22BF3N2O4/c15-13(16,17)7-19-5-8-4-12(18,11(20)21)10(9(8)6-19)2-1-3-14(22)23/h8-10,22-23H,1-7,18H2,(H,20,21). The molecule has 5 N–H and O–H groups in total. The van der Waals surface area contributed by atoms with Crippen LogP contribution < -0.4 is 5.73 Å². The number of nitrogens with two attached hydrogens (primary N) is 1. The fraction of sp³-hybridized carbons (Fsp3) is 0.923. The molecule has 10 heteroatoms. The highest BCUT2D eigenvalue weighted by molar-refractivity contribution is 6.40. The van der Waals surface area contributed by atoms with Gasteiger partial charge in [0.2, 0.25) is 0 Å². The van der Waals surface area contributed by atoms with Gasteiger partial charge in [0.05, 0.1) is 6.54 Å². The molecular weight excluding hydrogens is 316 g/mol. The van der Waals surface area contributed by atoms with Gasteiger partial charge in [0.1, 0.15) is 5.54 Å². The first-order chi connectivity index (χ1) is 10.5. The van der Waals surface area contributed by atoms with E-state index in [-0.39, 0.29) is 37.7 Å². The molecular formula is C13H22BF3N2O4. The Hall–Kier alpha value is -0.835. The molecule has 0 spiro atoms. The summed E-state index contributed by atoms with van der Waals surface area (Å²) >= 11 is 0. The summed E-state index contributed by atoms with van der Waals surface area (Å²) in [7, 11) is -1.48. The molecule has 1 aliphatic carbocycles. The average molecular weight is 338 g/mol. The minimum Gasteiger partial charge on any atom is -0.480 e. The number of carboxylic acids is 1. The van der Waals surface area contributed by atoms with E-state index in [0.29, 0.717) is 12.8 Å². The lowest BCUT2D eigenvalue weighted by Gasteiger charge is -2.31. The van der Waals surface area contributed by atoms with Crippen LogP contribution in [-0.2, 0) is 4.79 Å². The summed E-state index contributed by atoms with van der Waals surface area (Å²) in [4.78, 5) is 12.9. The molecule has 4 atom stereocenters. The van der Waals surface area contributed by atoms with Crippen LogP contribution in [0.3, 0.4) is 0 Å². The Kier molecular flexibility index (Phi) is 5.29. The monoisotopic (exact) mass is 338 g/mol. The summed E-state index contributed by atoms with van der Waals surface area (Å²) in [6, 6.07) is 0. The molecule has 2 aliphatic rings. The molecule has 132 valence electrons. The van der Waals surface area contributed by atoms with Crippen LogP contribution >= 0.6 is 0 Å². The van der Waals surface area contributed by atoms with Crippen LogP contribution in [0.1, 0.15) is 19.3 Å². The molecule has 1 heterocycles. The quantitative estimate of drug-likeness (QED) is 0.514. The Balaban J connectivity index is 2.06. The number of carbonyl (C=O) groups is 1. The van der Waals surface area contributed by atoms with Gasteiger partial charge >= 0.3 is 19.3 Å². The van der Waals surface area contributed by atoms with Crippen molar-refractivity contribution in [1.82, 2.24) is 4.90 Å². The lowest BCUT2D eigenvalue weighted by atomic mass is 9.76. The molecule has 0 radical (unpaired) electrons. The van der Waals surface area contributed by atoms with Gasteiger partial charge in [-0.05, 0) is 36.9 Å². The lowest BCUT2D eigenvalue weighted by Crippen LogP contribution is -2.53. The van der Waals surface area contributed by atoms with Crippen LogP contribution in [0.25, 0.3) is 0 Å². The number of carboxylic acid groups (broad SMARTS) is 1. The molecule has 1 aliphatic heterocycles. The number of hydrogen-bond acceptors (Lipinski definition) is 5. The van der Waals surface area contributed by atoms with Gasteiger partial charge in [-0.15, -0.1) is 0 Å². The molecule has 2 fully saturated rings. The zero-order valence-corrected chi connectivity index (χ0v) is 12.7. The van der Waals surface area contributed by atoms with Crippen LogP contribution in [0.5, 0.6) is 0 Å². The fourth-order valence-electron chi connectivity index (χ4n) is 4.25. The van der Waals surface area contributed by atoms with Gasteiger partial charge in [0.25, 0.3) is 0 Å². The van der Waals surface area contributed by atoms with Crippen LogP contribution in [0.15, 0.2) is 0 Å². The van der Waals surface area contributed by atoms with E-state index in [9.17, 15) is 23.1 Å². The Bertz CT molecular complexity index is 451. The predicted molar refractivity (Wildman–Crippen MR) is 76.4 cm³/mol. The third-order valence-electron chi connectivity index (χ3n) is 5.12. The Morgan fingerprint density at radius 3 is 2.52 bits per heavy atom. The van der Waals surface area contributed by atoms with Crippen LogP contribution in [0.4, 0.5) is 13.2 Å². The third kappa shape index (κ3) is 4.17. The number of aliphatic carboxylic acids is 1. The molecule has 0 aromatic heterocycles. The van der Waals surface area contributed by atoms with E-state index in [0.717, 1.165) is 0 Å². The number of halogens is 3. The molecule has 4 unspecified atom stereocenters. The summed E-state index contributed by atoms with van der Waals surface area (Å²) in [6.07, 6.45) is -3.29. The van der Waals surface area contributed by atoms with E-state index in [4.69, 9.17) is 15.8 Å². The third-order valence-corrected chi connectivity index (χ3v) is 5.12. The largest absolute Gasteiger partial charge is 0.480 e. The lowest BCUT2D eigenvalue weighted by molar-refractivity contribution is -0.148. The van der Waals surface area contributed by atoms with Crippen molar-refractivity contribution in [2.45, 2.75) is 37.3 Å². The first kappa shape index (κ1) is 18.5. The number of alkyl halides is 3. The van der Waals surface area contributed by atoms with Gasteiger partial charge in [0, 0.05) is 13.1 Å². The van der Waals surface area contributed by atoms with Gasteiger partial charge < -0.3 is 20.9 Å². The average Bonchev–Trinajstić information content (AvgIpc) is 2.83. The Labute approximate surface area is 132 Å². The van der Waals surface area contributed by atoms with Crippen molar-refractivity contribution in [3.63, 3.8) is 0 Å². The molecule has 0 aromatic carbocycles. The first-order valence-corrected chi connectivity index (χ1v) is 7.70. The minimum atomic E-state index is -4.28. The van der Waals surface area contributed by atoms with Crippen LogP contribution in [0.2, 0.25) is 6.32 Å². The Morgan fingerprint density at radius 2 is 2.00 bits per heavy atom. The molecule has 23 heavy (non-hydrogen) atoms. The van der Waals surface area contributed by atoms with Gasteiger partial charge in [0.15, 0.2) is 0 Å². The van der Waals surface area contributed by atoms with E-state index in [1.807, 2.05) is 0 Å². The van der Waals surface area contributed by atoms with Crippen molar-refractivity contribution >= 4 is 13.1 Å². The summed E-state index contributed by atoms with van der Waals surface area (Å²) in [6.45, 7) is -0.606. The van der Waals surface area contributed by atoms with Crippen molar-refractivity contribution in [1.29, 1.82) is 0 Å². The summed E-state index contributed by atoms with van der Waals surface area (Å²) in [5.74, 6) is -1.96. The van der Waals surface area contributed by atoms with Gasteiger partial charge in [-0.2, -0.15) is 13.2 Å². The SMILES string of the molecule is NC1(C(=O)O)CC2CN(CC(F)(F)F)CC2C1CCCB(O)O. The number of rotatable bonds is 6. The van der Waals surface area contributed by atoms with Crippen molar-refractivity contribution in [3.05, 3.63) is 0 Å². The maximum absolute atomic E-state index is 12.5. The summed E-state index contributed by atoms with van der Waals surface area (Å²) in [5, 5.41) is 27.2. The van der Waals surface area contributed by atoms with Crippen molar-refractivity contribution in [2.24, 2.45) is 23.5 Å². The smallest absolute Gasteiger partial charge is 0.451 e. The van der Waals surface area contributed by atoms with Crippen LogP contribution in [0, 0.1) is 17.8 Å². The second-order valence-electron chi connectivity index (χ2n) is 6.80. The molecule has 1 saturated carbocycles. The van der Waals surface area contributed by atoms with Crippen molar-refractivity contribution in [2.75, 3.05) is 19.6 Å². The second kappa shape index (κ2) is 6.58. The highest BCUT2D eigenvalue weighted by Crippen LogP contribution is 2.49. The normalized spacial score (nSPS) is 34.6. The molecule has 1 saturated heterocycles. The summed E-state index contributed by atoms with van der Waals surface area (Å²) < 4.78 is 37.6. The van der Waals surface area contributed by atoms with E-state index >= 15 is 0 Å². The van der Waals surface area contributed by atoms with Crippen molar-refractivity contribution in [3.8, 4) is 0 Å². The topological polar surface area (TPSA) is 107 Å². The number of fused-ring (bicyclic) bond motifs is 1. The maximum Gasteiger partial charge on any atom is 0.451 e. The van der Waals surface area contributed by atoms with Gasteiger partial charge in [-0.1, -0.05) is 6.42 Å². The number of hydrogen-bond donors (Lipinski definition) is 4. The maximum atomic E-state index is 12.5. The molecule has 0 aromatic rings. The zero-order valence-electron chi connectivity index (χ0n) is 12.7. The van der Waals surface area contributed by atoms with Gasteiger partial charge in [-0.25, -0.2) is 0 Å². The van der Waals surface area contributed by atoms with E-state index in [1.54, 1.807) is 0 Å². The highest BCUT2D eigenvalue weighted by Gasteiger charge is 2.58. The second-order valence-corrected chi connectivity index (χ2v) is 6.80. The van der Waals surface area contributed by atoms with E-state index in [1.165, 1.54) is 4.90 Å². The Morgan fingerprint density at radius 1 is 1.35 bits per heavy atom. The van der Waals surface area contributed by atoms with Crippen LogP contribution in [-0.4, -0.2) is 64.5 Å². The van der Waals surface area contributed by atoms with E-state index < -0.39 is 37.3 Å². The zero-order chi connectivity index (χ0) is 17.4. The fourth-order valence-corrected chi connectivity index (χ4v) is 4.25. The van der Waals surface area contributed by atoms with Crippen molar-refractivity contribution < 1.29 is 33.1 Å². The molecule has 2 rings (SSSR count). The number of likely N-dealkylation sites (tertiary alicyclic amines) is 1. The van der Waals surface area contributed by atoms with Gasteiger partial charge in [-0.3, -0.25) is 9.69 Å². The summed E-state index contributed by atoms with van der Waals surface area (Å²) in [5.41, 5.74) is 4.62. The number of nitrogens with zero attached hydrogens (tertiary/aromatic N) is 1. The van der Waals surface area contributed by atoms with E-state index in [2.05, 4.69) is 0 Å².